The van der Waals surface area contributed by atoms with Crippen LogP contribution in [0.2, 0.25) is 0 Å². The van der Waals surface area contributed by atoms with E-state index in [-0.39, 0.29) is 0 Å². The van der Waals surface area contributed by atoms with Gasteiger partial charge in [0.2, 0.25) is 0 Å². The van der Waals surface area contributed by atoms with Crippen molar-refractivity contribution in [1.29, 1.82) is 0 Å². The average molecular weight is 268 g/mol. The lowest BCUT2D eigenvalue weighted by molar-refractivity contribution is 0.127. The normalized spacial score (nSPS) is 23.2. The average Bonchev–Trinajstić information content (AvgIpc) is 2.94. The molecule has 112 valence electrons. The lowest BCUT2D eigenvalue weighted by Crippen LogP contribution is -2.47. The van der Waals surface area contributed by atoms with E-state index in [4.69, 9.17) is 5.73 Å². The van der Waals surface area contributed by atoms with Crippen LogP contribution in [-0.2, 0) is 0 Å². The molecular formula is C15H32N4. The fraction of sp³-hybridized carbons (Fsp3) is 1.00. The van der Waals surface area contributed by atoms with E-state index in [1.165, 1.54) is 91.0 Å². The Balaban J connectivity index is 1.48. The molecule has 0 saturated carbocycles. The van der Waals surface area contributed by atoms with Crippen molar-refractivity contribution in [2.75, 3.05) is 65.4 Å². The van der Waals surface area contributed by atoms with Crippen molar-refractivity contribution in [3.05, 3.63) is 0 Å². The molecule has 2 aliphatic rings. The number of piperazine rings is 1. The molecule has 0 unspecified atom stereocenters. The summed E-state index contributed by atoms with van der Waals surface area (Å²) in [5, 5.41) is 0. The maximum atomic E-state index is 5.54. The highest BCUT2D eigenvalue weighted by molar-refractivity contribution is 4.73. The molecule has 0 aromatic rings. The molecule has 2 rings (SSSR count). The Morgan fingerprint density at radius 2 is 1.05 bits per heavy atom. The molecule has 0 aromatic heterocycles. The zero-order valence-electron chi connectivity index (χ0n) is 12.5. The second kappa shape index (κ2) is 8.90. The minimum Gasteiger partial charge on any atom is -0.330 e. The first-order chi connectivity index (χ1) is 9.38. The quantitative estimate of drug-likeness (QED) is 0.662. The number of rotatable bonds is 8. The molecule has 0 bridgehead atoms. The molecule has 0 aliphatic carbocycles. The Bertz CT molecular complexity index is 220. The van der Waals surface area contributed by atoms with Crippen LogP contribution in [0.15, 0.2) is 0 Å². The van der Waals surface area contributed by atoms with Crippen molar-refractivity contribution in [2.24, 2.45) is 5.73 Å². The van der Waals surface area contributed by atoms with Gasteiger partial charge in [0.25, 0.3) is 0 Å². The van der Waals surface area contributed by atoms with Crippen molar-refractivity contribution in [3.8, 4) is 0 Å². The van der Waals surface area contributed by atoms with Gasteiger partial charge < -0.3 is 20.4 Å². The number of nitrogens with zero attached hydrogens (tertiary/aromatic N) is 3. The molecule has 0 aromatic carbocycles. The van der Waals surface area contributed by atoms with Crippen LogP contribution in [0.4, 0.5) is 0 Å². The molecule has 4 nitrogen and oxygen atoms in total. The lowest BCUT2D eigenvalue weighted by Gasteiger charge is -2.35. The van der Waals surface area contributed by atoms with Gasteiger partial charge in [0, 0.05) is 26.2 Å². The summed E-state index contributed by atoms with van der Waals surface area (Å²) >= 11 is 0. The Labute approximate surface area is 118 Å². The van der Waals surface area contributed by atoms with Crippen LogP contribution in [0.25, 0.3) is 0 Å². The molecule has 4 heteroatoms. The molecular weight excluding hydrogens is 236 g/mol. The van der Waals surface area contributed by atoms with Gasteiger partial charge in [-0.05, 0) is 71.4 Å². The summed E-state index contributed by atoms with van der Waals surface area (Å²) in [7, 11) is 0. The number of nitrogens with two attached hydrogens (primary N) is 1. The highest BCUT2D eigenvalue weighted by Gasteiger charge is 2.16. The molecule has 2 heterocycles. The van der Waals surface area contributed by atoms with Crippen molar-refractivity contribution >= 4 is 0 Å². The first kappa shape index (κ1) is 15.2. The maximum Gasteiger partial charge on any atom is 0.0110 e. The van der Waals surface area contributed by atoms with E-state index in [2.05, 4.69) is 14.7 Å². The fourth-order valence-corrected chi connectivity index (χ4v) is 3.24. The second-order valence-electron chi connectivity index (χ2n) is 6.08. The zero-order valence-corrected chi connectivity index (χ0v) is 12.5. The summed E-state index contributed by atoms with van der Waals surface area (Å²) in [5.74, 6) is 0. The summed E-state index contributed by atoms with van der Waals surface area (Å²) in [6, 6.07) is 0. The third kappa shape index (κ3) is 5.78. The largest absolute Gasteiger partial charge is 0.330 e. The minimum absolute atomic E-state index is 0.844. The Hall–Kier alpha value is -0.160. The van der Waals surface area contributed by atoms with Crippen LogP contribution in [0.5, 0.6) is 0 Å². The Kier molecular flexibility index (Phi) is 7.14. The fourth-order valence-electron chi connectivity index (χ4n) is 3.24. The van der Waals surface area contributed by atoms with E-state index >= 15 is 0 Å². The highest BCUT2D eigenvalue weighted by Crippen LogP contribution is 2.09. The molecule has 0 atom stereocenters. The van der Waals surface area contributed by atoms with Crippen LogP contribution in [-0.4, -0.2) is 80.1 Å². The monoisotopic (exact) mass is 268 g/mol. The van der Waals surface area contributed by atoms with E-state index < -0.39 is 0 Å². The van der Waals surface area contributed by atoms with Gasteiger partial charge in [0.15, 0.2) is 0 Å². The SMILES string of the molecule is NCCCCN1CCN(CCCN2CCCC2)CC1. The smallest absolute Gasteiger partial charge is 0.0110 e. The zero-order chi connectivity index (χ0) is 13.3. The first-order valence-electron chi connectivity index (χ1n) is 8.25. The van der Waals surface area contributed by atoms with Crippen LogP contribution in [0, 0.1) is 0 Å². The summed E-state index contributed by atoms with van der Waals surface area (Å²) < 4.78 is 0. The molecule has 19 heavy (non-hydrogen) atoms. The highest BCUT2D eigenvalue weighted by atomic mass is 15.3. The van der Waals surface area contributed by atoms with Crippen molar-refractivity contribution in [2.45, 2.75) is 32.1 Å². The van der Waals surface area contributed by atoms with E-state index in [0.29, 0.717) is 0 Å². The summed E-state index contributed by atoms with van der Waals surface area (Å²) in [6.45, 7) is 12.4. The maximum absolute atomic E-state index is 5.54. The number of unbranched alkanes of at least 4 members (excludes halogenated alkanes) is 1. The van der Waals surface area contributed by atoms with E-state index in [1.807, 2.05) is 0 Å². The topological polar surface area (TPSA) is 35.7 Å². The number of hydrogen-bond donors (Lipinski definition) is 1. The third-order valence-electron chi connectivity index (χ3n) is 4.54. The van der Waals surface area contributed by atoms with Crippen LogP contribution < -0.4 is 5.73 Å². The van der Waals surface area contributed by atoms with Gasteiger partial charge >= 0.3 is 0 Å². The lowest BCUT2D eigenvalue weighted by atomic mass is 10.2. The van der Waals surface area contributed by atoms with Gasteiger partial charge in [-0.3, -0.25) is 0 Å². The number of likely N-dealkylation sites (tertiary alicyclic amines) is 1. The summed E-state index contributed by atoms with van der Waals surface area (Å²) in [5.41, 5.74) is 5.54. The molecule has 2 fully saturated rings. The molecule has 2 N–H and O–H groups in total. The van der Waals surface area contributed by atoms with Gasteiger partial charge in [-0.25, -0.2) is 0 Å². The Morgan fingerprint density at radius 3 is 1.58 bits per heavy atom. The Morgan fingerprint density at radius 1 is 0.579 bits per heavy atom. The molecule has 0 amide bonds. The van der Waals surface area contributed by atoms with Crippen molar-refractivity contribution in [3.63, 3.8) is 0 Å². The van der Waals surface area contributed by atoms with Gasteiger partial charge in [0.1, 0.15) is 0 Å². The number of hydrogen-bond acceptors (Lipinski definition) is 4. The van der Waals surface area contributed by atoms with Gasteiger partial charge in [-0.2, -0.15) is 0 Å². The summed E-state index contributed by atoms with van der Waals surface area (Å²) in [4.78, 5) is 7.88. The van der Waals surface area contributed by atoms with Gasteiger partial charge in [-0.1, -0.05) is 0 Å². The van der Waals surface area contributed by atoms with E-state index in [1.54, 1.807) is 0 Å². The molecule has 2 saturated heterocycles. The predicted octanol–water partition coefficient (Wildman–Crippen LogP) is 0.829. The standard InChI is InChI=1S/C15H32N4/c16-6-1-2-7-18-12-14-19(15-13-18)11-5-10-17-8-3-4-9-17/h1-16H2. The van der Waals surface area contributed by atoms with E-state index in [9.17, 15) is 0 Å². The van der Waals surface area contributed by atoms with Crippen molar-refractivity contribution < 1.29 is 0 Å². The molecule has 0 spiro atoms. The third-order valence-corrected chi connectivity index (χ3v) is 4.54. The van der Waals surface area contributed by atoms with Crippen LogP contribution >= 0.6 is 0 Å². The predicted molar refractivity (Wildman–Crippen MR) is 81.5 cm³/mol. The van der Waals surface area contributed by atoms with Crippen LogP contribution in [0.1, 0.15) is 32.1 Å². The molecule has 0 radical (unpaired) electrons. The van der Waals surface area contributed by atoms with Gasteiger partial charge in [0.05, 0.1) is 0 Å². The second-order valence-corrected chi connectivity index (χ2v) is 6.08. The van der Waals surface area contributed by atoms with Gasteiger partial charge in [-0.15, -0.1) is 0 Å². The minimum atomic E-state index is 0.844. The van der Waals surface area contributed by atoms with Crippen LogP contribution in [0.3, 0.4) is 0 Å². The first-order valence-corrected chi connectivity index (χ1v) is 8.25. The van der Waals surface area contributed by atoms with E-state index in [0.717, 1.165) is 6.54 Å². The summed E-state index contributed by atoms with van der Waals surface area (Å²) in [6.07, 6.45) is 6.64. The molecule has 2 aliphatic heterocycles. The van der Waals surface area contributed by atoms with Crippen molar-refractivity contribution in [1.82, 2.24) is 14.7 Å².